The second kappa shape index (κ2) is 6.05. The summed E-state index contributed by atoms with van der Waals surface area (Å²) in [6.45, 7) is 4.93. The molecular formula is C17H20N4O. The zero-order valence-electron chi connectivity index (χ0n) is 12.7. The Kier molecular flexibility index (Phi) is 3.96. The topological polar surface area (TPSA) is 62.5 Å². The maximum atomic E-state index is 12.7. The Bertz CT molecular complexity index is 664. The van der Waals surface area contributed by atoms with Crippen molar-refractivity contribution >= 4 is 17.4 Å². The number of benzene rings is 1. The number of hydrogen-bond donors (Lipinski definition) is 1. The average molecular weight is 296 g/mol. The number of aryl methyl sites for hydroxylation is 1. The standard InChI is InChI=1S/C17H20N4O/c1-13-5-6-14(18)12-15(13)17(22)21-10-8-20(9-11-21)16-4-2-3-7-19-16/h2-7,12H,8-11,18H2,1H3. The Balaban J connectivity index is 1.68. The minimum atomic E-state index is 0.0606. The number of nitrogens with two attached hydrogens (primary N) is 1. The molecule has 1 saturated heterocycles. The Morgan fingerprint density at radius 3 is 2.59 bits per heavy atom. The normalized spacial score (nSPS) is 15.0. The highest BCUT2D eigenvalue weighted by Crippen LogP contribution is 2.18. The van der Waals surface area contributed by atoms with Gasteiger partial charge in [0.05, 0.1) is 0 Å². The summed E-state index contributed by atoms with van der Waals surface area (Å²) in [6.07, 6.45) is 1.79. The van der Waals surface area contributed by atoms with Gasteiger partial charge in [0.15, 0.2) is 0 Å². The van der Waals surface area contributed by atoms with Gasteiger partial charge in [0.25, 0.3) is 5.91 Å². The SMILES string of the molecule is Cc1ccc(N)cc1C(=O)N1CCN(c2ccccn2)CC1. The molecule has 1 aromatic carbocycles. The summed E-state index contributed by atoms with van der Waals surface area (Å²) in [4.78, 5) is 21.1. The van der Waals surface area contributed by atoms with Crippen LogP contribution in [0.5, 0.6) is 0 Å². The van der Waals surface area contributed by atoms with Crippen molar-refractivity contribution in [2.75, 3.05) is 36.8 Å². The van der Waals surface area contributed by atoms with Crippen LogP contribution in [0, 0.1) is 6.92 Å². The lowest BCUT2D eigenvalue weighted by molar-refractivity contribution is 0.0746. The molecule has 5 heteroatoms. The van der Waals surface area contributed by atoms with E-state index in [1.165, 1.54) is 0 Å². The van der Waals surface area contributed by atoms with E-state index in [0.717, 1.165) is 24.5 Å². The van der Waals surface area contributed by atoms with E-state index in [-0.39, 0.29) is 5.91 Å². The van der Waals surface area contributed by atoms with Crippen molar-refractivity contribution in [2.45, 2.75) is 6.92 Å². The first-order valence-corrected chi connectivity index (χ1v) is 7.46. The molecule has 2 heterocycles. The number of hydrogen-bond acceptors (Lipinski definition) is 4. The van der Waals surface area contributed by atoms with Gasteiger partial charge in [0.1, 0.15) is 5.82 Å². The lowest BCUT2D eigenvalue weighted by atomic mass is 10.1. The number of pyridine rings is 1. The van der Waals surface area contributed by atoms with Gasteiger partial charge in [-0.3, -0.25) is 4.79 Å². The average Bonchev–Trinajstić information content (AvgIpc) is 2.57. The van der Waals surface area contributed by atoms with Crippen molar-refractivity contribution in [3.63, 3.8) is 0 Å². The molecule has 0 atom stereocenters. The van der Waals surface area contributed by atoms with Crippen molar-refractivity contribution in [3.05, 3.63) is 53.7 Å². The molecule has 1 aromatic heterocycles. The summed E-state index contributed by atoms with van der Waals surface area (Å²) in [5, 5.41) is 0. The summed E-state index contributed by atoms with van der Waals surface area (Å²) < 4.78 is 0. The highest BCUT2D eigenvalue weighted by molar-refractivity contribution is 5.96. The molecule has 0 aliphatic carbocycles. The van der Waals surface area contributed by atoms with Gasteiger partial charge in [-0.2, -0.15) is 0 Å². The third-order valence-corrected chi connectivity index (χ3v) is 4.03. The van der Waals surface area contributed by atoms with Crippen LogP contribution >= 0.6 is 0 Å². The van der Waals surface area contributed by atoms with Gasteiger partial charge >= 0.3 is 0 Å². The lowest BCUT2D eigenvalue weighted by Gasteiger charge is -2.35. The molecule has 22 heavy (non-hydrogen) atoms. The van der Waals surface area contributed by atoms with Crippen molar-refractivity contribution in [1.29, 1.82) is 0 Å². The van der Waals surface area contributed by atoms with Crippen LogP contribution in [0.4, 0.5) is 11.5 Å². The maximum Gasteiger partial charge on any atom is 0.254 e. The van der Waals surface area contributed by atoms with E-state index in [9.17, 15) is 4.79 Å². The third kappa shape index (κ3) is 2.88. The Labute approximate surface area is 130 Å². The van der Waals surface area contributed by atoms with E-state index in [4.69, 9.17) is 5.73 Å². The number of piperazine rings is 1. The van der Waals surface area contributed by atoms with Gasteiger partial charge in [-0.1, -0.05) is 12.1 Å². The second-order valence-electron chi connectivity index (χ2n) is 5.54. The van der Waals surface area contributed by atoms with Gasteiger partial charge in [-0.05, 0) is 36.8 Å². The number of anilines is 2. The van der Waals surface area contributed by atoms with Crippen LogP contribution < -0.4 is 10.6 Å². The van der Waals surface area contributed by atoms with Gasteiger partial charge < -0.3 is 15.5 Å². The molecule has 0 saturated carbocycles. The molecule has 1 aliphatic rings. The van der Waals surface area contributed by atoms with E-state index in [0.29, 0.717) is 24.3 Å². The monoisotopic (exact) mass is 296 g/mol. The number of nitrogen functional groups attached to an aromatic ring is 1. The molecule has 114 valence electrons. The summed E-state index contributed by atoms with van der Waals surface area (Å²) in [7, 11) is 0. The summed E-state index contributed by atoms with van der Waals surface area (Å²) in [6, 6.07) is 11.4. The highest BCUT2D eigenvalue weighted by Gasteiger charge is 2.23. The van der Waals surface area contributed by atoms with E-state index >= 15 is 0 Å². The first-order valence-electron chi connectivity index (χ1n) is 7.46. The fourth-order valence-electron chi connectivity index (χ4n) is 2.72. The van der Waals surface area contributed by atoms with E-state index in [2.05, 4.69) is 9.88 Å². The van der Waals surface area contributed by atoms with Gasteiger partial charge in [-0.15, -0.1) is 0 Å². The van der Waals surface area contributed by atoms with Crippen LogP contribution in [0.15, 0.2) is 42.6 Å². The summed E-state index contributed by atoms with van der Waals surface area (Å²) >= 11 is 0. The van der Waals surface area contributed by atoms with Crippen LogP contribution in [0.2, 0.25) is 0 Å². The Morgan fingerprint density at radius 2 is 1.91 bits per heavy atom. The second-order valence-corrected chi connectivity index (χ2v) is 5.54. The van der Waals surface area contributed by atoms with Crippen molar-refractivity contribution < 1.29 is 4.79 Å². The molecule has 1 fully saturated rings. The molecule has 2 N–H and O–H groups in total. The highest BCUT2D eigenvalue weighted by atomic mass is 16.2. The number of aromatic nitrogens is 1. The number of amides is 1. The van der Waals surface area contributed by atoms with Crippen molar-refractivity contribution in [2.24, 2.45) is 0 Å². The summed E-state index contributed by atoms with van der Waals surface area (Å²) in [5.41, 5.74) is 8.10. The number of carbonyl (C=O) groups excluding carboxylic acids is 1. The number of carbonyl (C=O) groups is 1. The molecule has 3 rings (SSSR count). The van der Waals surface area contributed by atoms with Crippen LogP contribution in [-0.2, 0) is 0 Å². The fraction of sp³-hybridized carbons (Fsp3) is 0.294. The molecule has 1 aliphatic heterocycles. The van der Waals surface area contributed by atoms with Crippen LogP contribution in [-0.4, -0.2) is 42.0 Å². The van der Waals surface area contributed by atoms with E-state index in [1.807, 2.05) is 42.2 Å². The molecule has 0 bridgehead atoms. The van der Waals surface area contributed by atoms with Crippen LogP contribution in [0.25, 0.3) is 0 Å². The maximum absolute atomic E-state index is 12.7. The molecule has 2 aromatic rings. The van der Waals surface area contributed by atoms with Crippen molar-refractivity contribution in [1.82, 2.24) is 9.88 Å². The Morgan fingerprint density at radius 1 is 1.14 bits per heavy atom. The minimum Gasteiger partial charge on any atom is -0.399 e. The first kappa shape index (κ1) is 14.4. The predicted octanol–water partition coefficient (Wildman–Crippen LogP) is 1.93. The van der Waals surface area contributed by atoms with Crippen molar-refractivity contribution in [3.8, 4) is 0 Å². The van der Waals surface area contributed by atoms with Gasteiger partial charge in [-0.25, -0.2) is 4.98 Å². The quantitative estimate of drug-likeness (QED) is 0.860. The zero-order chi connectivity index (χ0) is 15.5. The smallest absolute Gasteiger partial charge is 0.254 e. The molecule has 0 spiro atoms. The Hall–Kier alpha value is -2.56. The lowest BCUT2D eigenvalue weighted by Crippen LogP contribution is -2.49. The van der Waals surface area contributed by atoms with E-state index in [1.54, 1.807) is 12.3 Å². The molecule has 0 unspecified atom stereocenters. The largest absolute Gasteiger partial charge is 0.399 e. The molecule has 1 amide bonds. The summed E-state index contributed by atoms with van der Waals surface area (Å²) in [5.74, 6) is 1.03. The number of nitrogens with zero attached hydrogens (tertiary/aromatic N) is 3. The minimum absolute atomic E-state index is 0.0606. The third-order valence-electron chi connectivity index (χ3n) is 4.03. The molecular weight excluding hydrogens is 276 g/mol. The first-order chi connectivity index (χ1) is 10.6. The molecule has 0 radical (unpaired) electrons. The number of rotatable bonds is 2. The van der Waals surface area contributed by atoms with Gasteiger partial charge in [0, 0.05) is 43.6 Å². The zero-order valence-corrected chi connectivity index (χ0v) is 12.7. The fourth-order valence-corrected chi connectivity index (χ4v) is 2.72. The van der Waals surface area contributed by atoms with Gasteiger partial charge in [0.2, 0.25) is 0 Å². The molecule has 5 nitrogen and oxygen atoms in total. The predicted molar refractivity (Wildman–Crippen MR) is 87.9 cm³/mol. The van der Waals surface area contributed by atoms with Crippen LogP contribution in [0.3, 0.4) is 0 Å². The van der Waals surface area contributed by atoms with Crippen LogP contribution in [0.1, 0.15) is 15.9 Å². The van der Waals surface area contributed by atoms with E-state index < -0.39 is 0 Å².